The summed E-state index contributed by atoms with van der Waals surface area (Å²) < 4.78 is 4.05. The lowest BCUT2D eigenvalue weighted by Crippen LogP contribution is -2.09. The van der Waals surface area contributed by atoms with Gasteiger partial charge in [0.05, 0.1) is 4.53 Å². The van der Waals surface area contributed by atoms with E-state index in [0.29, 0.717) is 4.53 Å². The number of para-hydroxylation sites is 2. The molecule has 0 aliphatic carbocycles. The zero-order valence-electron chi connectivity index (χ0n) is 28.0. The molecule has 0 unspecified atom stereocenters. The number of carboxylic acids is 1. The van der Waals surface area contributed by atoms with Gasteiger partial charge in [-0.3, -0.25) is 0 Å². The number of nitriles is 1. The van der Waals surface area contributed by atoms with Gasteiger partial charge in [0.15, 0.2) is 5.57 Å². The molecule has 6 heteroatoms. The number of anilines is 3. The van der Waals surface area contributed by atoms with Crippen molar-refractivity contribution in [3.8, 4) is 6.07 Å². The number of nitrogens with zero attached hydrogens (tertiary/aromatic N) is 2. The van der Waals surface area contributed by atoms with E-state index in [2.05, 4.69) is 104 Å². The summed E-state index contributed by atoms with van der Waals surface area (Å²) in [5.74, 6) is -1.17. The van der Waals surface area contributed by atoms with Crippen LogP contribution in [0.1, 0.15) is 81.9 Å². The molecule has 2 heterocycles. The van der Waals surface area contributed by atoms with Crippen LogP contribution >= 0.6 is 22.7 Å². The Morgan fingerprint density at radius 1 is 0.729 bits per heavy atom. The third kappa shape index (κ3) is 8.92. The summed E-state index contributed by atoms with van der Waals surface area (Å²) in [5.41, 5.74) is 6.76. The first-order chi connectivity index (χ1) is 23.5. The van der Waals surface area contributed by atoms with E-state index in [0.717, 1.165) is 75.8 Å². The largest absolute Gasteiger partial charge is 0.477 e. The van der Waals surface area contributed by atoms with E-state index < -0.39 is 5.97 Å². The number of hydrogen-bond donors (Lipinski definition) is 1. The number of aryl methyl sites for hydroxylation is 2. The van der Waals surface area contributed by atoms with Crippen molar-refractivity contribution in [2.75, 3.05) is 4.90 Å². The number of hydrogen-bond acceptors (Lipinski definition) is 5. The van der Waals surface area contributed by atoms with Crippen LogP contribution in [0.4, 0.5) is 17.1 Å². The van der Waals surface area contributed by atoms with E-state index in [9.17, 15) is 15.2 Å². The monoisotopic (exact) mass is 672 g/mol. The maximum atomic E-state index is 11.9. The molecule has 0 saturated carbocycles. The zero-order valence-corrected chi connectivity index (χ0v) is 29.6. The highest BCUT2D eigenvalue weighted by molar-refractivity contribution is 7.11. The van der Waals surface area contributed by atoms with Gasteiger partial charge >= 0.3 is 5.97 Å². The van der Waals surface area contributed by atoms with Crippen molar-refractivity contribution < 1.29 is 9.90 Å². The molecule has 0 radical (unpaired) electrons. The van der Waals surface area contributed by atoms with E-state index in [-0.39, 0.29) is 5.57 Å². The maximum Gasteiger partial charge on any atom is 0.347 e. The third-order valence-electron chi connectivity index (χ3n) is 8.52. The summed E-state index contributed by atoms with van der Waals surface area (Å²) in [4.78, 5) is 14.2. The van der Waals surface area contributed by atoms with Gasteiger partial charge in [0.2, 0.25) is 0 Å². The molecule has 5 aromatic rings. The predicted molar refractivity (Wildman–Crippen MR) is 203 cm³/mol. The van der Waals surface area contributed by atoms with Gasteiger partial charge in [-0.05, 0) is 97.0 Å². The second kappa shape index (κ2) is 17.6. The van der Waals surface area contributed by atoms with Crippen LogP contribution in [0.15, 0.2) is 97.1 Å². The molecular formula is C42H44N2O2S2. The standard InChI is InChI=1S/C42H44N2O2S2/c1-3-5-7-11-17-32-28-40(41-33(18-12-8-6-4-2)29-39(48-41)37(30-43)42(45)46)47-38(32)27-31-23-25-36(26-24-31)44(34-19-13-9-14-20-34)35-21-15-10-16-22-35/h9-10,13-16,19-29H,3-8,11-12,17-18H2,1-2H3,(H,45,46)/b38-27-,39-37+,41-40-. The maximum absolute atomic E-state index is 11.9. The minimum Gasteiger partial charge on any atom is -0.477 e. The van der Waals surface area contributed by atoms with Crippen LogP contribution in [0.25, 0.3) is 11.6 Å². The highest BCUT2D eigenvalue weighted by Crippen LogP contribution is 2.34. The topological polar surface area (TPSA) is 64.3 Å². The van der Waals surface area contributed by atoms with Crippen LogP contribution in [-0.2, 0) is 17.6 Å². The quantitative estimate of drug-likeness (QED) is 0.112. The summed E-state index contributed by atoms with van der Waals surface area (Å²) in [5, 5.41) is 19.4. The fourth-order valence-electron chi connectivity index (χ4n) is 5.98. The van der Waals surface area contributed by atoms with Crippen LogP contribution in [0, 0.1) is 20.4 Å². The molecule has 0 fully saturated rings. The first kappa shape index (κ1) is 34.9. The van der Waals surface area contributed by atoms with E-state index in [1.807, 2.05) is 24.3 Å². The lowest BCUT2D eigenvalue weighted by Gasteiger charge is -2.25. The minimum atomic E-state index is -1.17. The van der Waals surface area contributed by atoms with Crippen molar-refractivity contribution in [1.82, 2.24) is 0 Å². The summed E-state index contributed by atoms with van der Waals surface area (Å²) in [6.07, 6.45) is 13.5. The summed E-state index contributed by atoms with van der Waals surface area (Å²) in [6, 6.07) is 35.8. The van der Waals surface area contributed by atoms with E-state index in [1.54, 1.807) is 11.3 Å². The zero-order chi connectivity index (χ0) is 33.7. The second-order valence-electron chi connectivity index (χ2n) is 12.1. The Bertz CT molecular complexity index is 2000. The number of thiophene rings is 2. The minimum absolute atomic E-state index is 0.177. The van der Waals surface area contributed by atoms with Crippen molar-refractivity contribution in [1.29, 1.82) is 5.26 Å². The highest BCUT2D eigenvalue weighted by atomic mass is 32.1. The van der Waals surface area contributed by atoms with Gasteiger partial charge in [0.1, 0.15) is 6.07 Å². The molecule has 0 bridgehead atoms. The van der Waals surface area contributed by atoms with Gasteiger partial charge in [-0.2, -0.15) is 5.26 Å². The molecule has 0 aliphatic rings. The highest BCUT2D eigenvalue weighted by Gasteiger charge is 2.13. The van der Waals surface area contributed by atoms with Crippen molar-refractivity contribution in [3.63, 3.8) is 0 Å². The molecule has 1 N–H and O–H groups in total. The smallest absolute Gasteiger partial charge is 0.347 e. The van der Waals surface area contributed by atoms with Crippen LogP contribution in [0.5, 0.6) is 0 Å². The molecule has 48 heavy (non-hydrogen) atoms. The molecule has 2 aromatic heterocycles. The first-order valence-corrected chi connectivity index (χ1v) is 18.8. The van der Waals surface area contributed by atoms with Crippen LogP contribution in [0.3, 0.4) is 0 Å². The Morgan fingerprint density at radius 2 is 1.29 bits per heavy atom. The van der Waals surface area contributed by atoms with E-state index in [4.69, 9.17) is 0 Å². The Morgan fingerprint density at radius 3 is 1.83 bits per heavy atom. The first-order valence-electron chi connectivity index (χ1n) is 17.1. The van der Waals surface area contributed by atoms with Crippen LogP contribution < -0.4 is 14.0 Å². The van der Waals surface area contributed by atoms with Gasteiger partial charge in [0, 0.05) is 30.7 Å². The average molecular weight is 673 g/mol. The second-order valence-corrected chi connectivity index (χ2v) is 14.3. The Balaban J connectivity index is 1.61. The predicted octanol–water partition coefficient (Wildman–Crippen LogP) is 10.4. The number of aliphatic carboxylic acids is 1. The number of benzene rings is 3. The molecule has 0 aliphatic heterocycles. The van der Waals surface area contributed by atoms with Gasteiger partial charge in [-0.1, -0.05) is 101 Å². The molecular weight excluding hydrogens is 629 g/mol. The Kier molecular flexibility index (Phi) is 12.8. The number of rotatable bonds is 15. The van der Waals surface area contributed by atoms with Gasteiger partial charge in [-0.25, -0.2) is 4.79 Å². The summed E-state index contributed by atoms with van der Waals surface area (Å²) in [6.45, 7) is 4.44. The number of carboxylic acid groups (broad SMARTS) is 1. The lowest BCUT2D eigenvalue weighted by molar-refractivity contribution is -0.130. The molecule has 5 rings (SSSR count). The fourth-order valence-corrected chi connectivity index (χ4v) is 8.49. The SMILES string of the molecule is CCCCCCc1c/c(=c2/s/c(=C(\C#N)C(=O)O)cc2CCCCCC)s/c1=C\c1ccc(N(c2ccccc2)c2ccccc2)cc1. The molecule has 246 valence electrons. The van der Waals surface area contributed by atoms with Crippen molar-refractivity contribution in [3.05, 3.63) is 132 Å². The summed E-state index contributed by atoms with van der Waals surface area (Å²) >= 11 is 3.23. The van der Waals surface area contributed by atoms with Crippen molar-refractivity contribution in [2.45, 2.75) is 78.1 Å². The molecule has 0 amide bonds. The van der Waals surface area contributed by atoms with E-state index in [1.165, 1.54) is 47.1 Å². The Labute approximate surface area is 292 Å². The molecule has 0 atom stereocenters. The normalized spacial score (nSPS) is 12.9. The van der Waals surface area contributed by atoms with E-state index >= 15 is 0 Å². The Hall–Kier alpha value is -4.44. The molecule has 3 aromatic carbocycles. The van der Waals surface area contributed by atoms with Gasteiger partial charge in [-0.15, -0.1) is 22.7 Å². The van der Waals surface area contributed by atoms with Crippen molar-refractivity contribution >= 4 is 57.4 Å². The molecule has 4 nitrogen and oxygen atoms in total. The lowest BCUT2D eigenvalue weighted by atomic mass is 10.1. The van der Waals surface area contributed by atoms with Crippen LogP contribution in [0.2, 0.25) is 0 Å². The average Bonchev–Trinajstić information content (AvgIpc) is 3.71. The fraction of sp³-hybridized carbons (Fsp3) is 0.286. The third-order valence-corrected chi connectivity index (χ3v) is 11.0. The van der Waals surface area contributed by atoms with Gasteiger partial charge in [0.25, 0.3) is 0 Å². The van der Waals surface area contributed by atoms with Crippen molar-refractivity contribution in [2.24, 2.45) is 0 Å². The molecule has 0 spiro atoms. The number of carbonyl (C=O) groups is 1. The van der Waals surface area contributed by atoms with Crippen LogP contribution in [-0.4, -0.2) is 11.1 Å². The van der Waals surface area contributed by atoms with Gasteiger partial charge < -0.3 is 10.0 Å². The summed E-state index contributed by atoms with van der Waals surface area (Å²) in [7, 11) is 0. The molecule has 0 saturated heterocycles. The number of unbranched alkanes of at least 4 members (excludes halogenated alkanes) is 6.